The number of anilines is 4. The molecule has 54 heavy (non-hydrogen) atoms. The maximum Gasteiger partial charge on any atom is 0.740 e. The van der Waals surface area contributed by atoms with E-state index in [2.05, 4.69) is 0 Å². The molecular weight excluding hydrogens is 690 g/mol. The quantitative estimate of drug-likeness (QED) is 0.132. The molecule has 2 aliphatic heterocycles. The van der Waals surface area contributed by atoms with Crippen molar-refractivity contribution >= 4 is 58.9 Å². The van der Waals surface area contributed by atoms with Crippen LogP contribution in [0, 0.1) is 27.7 Å². The average molecular weight is 724 g/mol. The first-order valence-electron chi connectivity index (χ1n) is 17.8. The first-order valence-corrected chi connectivity index (χ1v) is 17.8. The van der Waals surface area contributed by atoms with E-state index >= 15 is 17.3 Å². The summed E-state index contributed by atoms with van der Waals surface area (Å²) in [5, 5.41) is 0. The number of aromatic nitrogens is 2. The molecule has 0 radical (unpaired) electrons. The molecule has 8 aromatic rings. The minimum absolute atomic E-state index is 0.194. The van der Waals surface area contributed by atoms with Crippen molar-refractivity contribution in [2.75, 3.05) is 9.62 Å². The maximum atomic E-state index is 16.0. The van der Waals surface area contributed by atoms with Crippen LogP contribution in [0.3, 0.4) is 0 Å². The van der Waals surface area contributed by atoms with Gasteiger partial charge in [0.15, 0.2) is 11.2 Å². The summed E-state index contributed by atoms with van der Waals surface area (Å²) < 4.78 is 78.0. The van der Waals surface area contributed by atoms with Crippen molar-refractivity contribution in [2.24, 2.45) is 0 Å². The van der Waals surface area contributed by atoms with Gasteiger partial charge in [0.05, 0.1) is 0 Å². The lowest BCUT2D eigenvalue weighted by molar-refractivity contribution is -0.532. The highest BCUT2D eigenvalue weighted by molar-refractivity contribution is 6.65. The fourth-order valence-corrected chi connectivity index (χ4v) is 8.21. The van der Waals surface area contributed by atoms with Gasteiger partial charge in [-0.1, -0.05) is 84.9 Å². The van der Waals surface area contributed by atoms with Crippen LogP contribution in [0.25, 0.3) is 45.1 Å². The molecule has 268 valence electrons. The standard InChI is InChI=1S/2C21H17BF2N2O/c2*1-14-8-7-9-15(2)20(14)25-17-11-4-3-10-16(17)21-26(22(25,23)24)18-12-5-6-13-19(18)27-21/h2*3-13H,1-2H3. The second-order valence-electron chi connectivity index (χ2n) is 13.9. The van der Waals surface area contributed by atoms with Crippen LogP contribution in [0.1, 0.15) is 22.3 Å². The van der Waals surface area contributed by atoms with Crippen LogP contribution in [0.2, 0.25) is 0 Å². The van der Waals surface area contributed by atoms with Crippen molar-refractivity contribution in [3.8, 4) is 22.9 Å². The zero-order valence-electron chi connectivity index (χ0n) is 30.0. The average Bonchev–Trinajstić information content (AvgIpc) is 3.75. The lowest BCUT2D eigenvalue weighted by atomic mass is 9.84. The van der Waals surface area contributed by atoms with E-state index < -0.39 is 13.9 Å². The van der Waals surface area contributed by atoms with Crippen LogP contribution in [-0.4, -0.2) is 13.9 Å². The van der Waals surface area contributed by atoms with Gasteiger partial charge in [0, 0.05) is 34.9 Å². The molecule has 0 N–H and O–H groups in total. The third kappa shape index (κ3) is 4.82. The Morgan fingerprint density at radius 1 is 0.426 bits per heavy atom. The molecule has 10 rings (SSSR count). The number of halogens is 4. The summed E-state index contributed by atoms with van der Waals surface area (Å²) in [6.07, 6.45) is 0. The minimum Gasteiger partial charge on any atom is -0.401 e. The van der Waals surface area contributed by atoms with Gasteiger partial charge < -0.3 is 35.7 Å². The number of aryl methyl sites for hydroxylation is 4. The Bertz CT molecular complexity index is 2550. The summed E-state index contributed by atoms with van der Waals surface area (Å²) in [6.45, 7) is -0.832. The monoisotopic (exact) mass is 724 g/mol. The molecule has 6 nitrogen and oxygen atoms in total. The Morgan fingerprint density at radius 3 is 1.15 bits per heavy atom. The van der Waals surface area contributed by atoms with E-state index in [0.29, 0.717) is 56.1 Å². The zero-order chi connectivity index (χ0) is 37.5. The number of benzene rings is 6. The molecule has 0 saturated heterocycles. The number of oxazole rings is 2. The first-order chi connectivity index (χ1) is 26.0. The number of nitrogens with zero attached hydrogens (tertiary/aromatic N) is 4. The van der Waals surface area contributed by atoms with E-state index in [1.807, 2.05) is 88.4 Å². The Morgan fingerprint density at radius 2 is 0.759 bits per heavy atom. The molecule has 2 aromatic heterocycles. The molecule has 4 heterocycles. The van der Waals surface area contributed by atoms with E-state index in [9.17, 15) is 0 Å². The first kappa shape index (κ1) is 33.5. The molecule has 0 amide bonds. The van der Waals surface area contributed by atoms with Crippen LogP contribution in [0.5, 0.6) is 0 Å². The summed E-state index contributed by atoms with van der Waals surface area (Å²) in [4.78, 5) is 2.38. The lowest BCUT2D eigenvalue weighted by Crippen LogP contribution is -2.70. The second kappa shape index (κ2) is 12.1. The van der Waals surface area contributed by atoms with Gasteiger partial charge in [0.2, 0.25) is 11.0 Å². The molecule has 12 heteroatoms. The van der Waals surface area contributed by atoms with Crippen LogP contribution in [0.4, 0.5) is 40.0 Å². The summed E-state index contributed by atoms with van der Waals surface area (Å²) in [5.41, 5.74) is 8.23. The van der Waals surface area contributed by atoms with Crippen molar-refractivity contribution in [2.45, 2.75) is 27.7 Å². The van der Waals surface area contributed by atoms with Crippen LogP contribution in [0.15, 0.2) is 142 Å². The van der Waals surface area contributed by atoms with Crippen molar-refractivity contribution in [1.82, 2.24) is 0 Å². The normalized spacial score (nSPS) is 14.9. The predicted octanol–water partition coefficient (Wildman–Crippen LogP) is 10.8. The Hall–Kier alpha value is -6.29. The Kier molecular flexibility index (Phi) is 7.53. The Balaban J connectivity index is 0.000000142. The van der Waals surface area contributed by atoms with E-state index in [1.54, 1.807) is 72.8 Å². The van der Waals surface area contributed by atoms with Gasteiger partial charge in [0.1, 0.15) is 11.1 Å². The molecule has 0 fully saturated rings. The van der Waals surface area contributed by atoms with E-state index in [4.69, 9.17) is 8.83 Å². The molecule has 6 aromatic carbocycles. The van der Waals surface area contributed by atoms with Crippen LogP contribution in [-0.2, 0) is 0 Å². The number of para-hydroxylation sites is 8. The largest absolute Gasteiger partial charge is 0.740 e. The molecule has 0 saturated carbocycles. The van der Waals surface area contributed by atoms with E-state index in [1.165, 1.54) is 9.62 Å². The topological polar surface area (TPSA) is 40.5 Å². The number of hydrogen-bond donors (Lipinski definition) is 0. The number of rotatable bonds is 2. The second-order valence-corrected chi connectivity index (χ2v) is 13.9. The Labute approximate surface area is 309 Å². The zero-order valence-corrected chi connectivity index (χ0v) is 30.0. The van der Waals surface area contributed by atoms with Crippen molar-refractivity contribution < 1.29 is 35.1 Å². The van der Waals surface area contributed by atoms with Gasteiger partial charge in [-0.2, -0.15) is 0 Å². The summed E-state index contributed by atoms with van der Waals surface area (Å²) in [5.74, 6) is 0.388. The van der Waals surface area contributed by atoms with Gasteiger partial charge in [-0.25, -0.2) is 0 Å². The minimum atomic E-state index is -4.15. The SMILES string of the molecule is Cc1cccc(C)c1N1c2ccccc2-c2oc3ccccc3[n+]2[B-]1(F)F.Cc1cccc(C)c1N1c2ccccc2-c2oc3ccccc3[n+]2[B-]1(F)F. The fourth-order valence-electron chi connectivity index (χ4n) is 8.21. The molecule has 0 unspecified atom stereocenters. The summed E-state index contributed by atoms with van der Waals surface area (Å²) in [6, 6.07) is 39.5. The lowest BCUT2D eigenvalue weighted by Gasteiger charge is -2.40. The third-order valence-corrected chi connectivity index (χ3v) is 10.5. The van der Waals surface area contributed by atoms with Gasteiger partial charge in [-0.05, 0) is 86.3 Å². The number of fused-ring (bicyclic) bond motifs is 10. The summed E-state index contributed by atoms with van der Waals surface area (Å²) >= 11 is 0. The summed E-state index contributed by atoms with van der Waals surface area (Å²) in [7, 11) is 0. The molecule has 2 aliphatic rings. The van der Waals surface area contributed by atoms with Crippen LogP contribution < -0.4 is 18.6 Å². The maximum absolute atomic E-state index is 16.0. The smallest absolute Gasteiger partial charge is 0.401 e. The highest BCUT2D eigenvalue weighted by Crippen LogP contribution is 2.47. The van der Waals surface area contributed by atoms with Crippen LogP contribution >= 0.6 is 0 Å². The molecular formula is C42H34B2F4N4O2. The predicted molar refractivity (Wildman–Crippen MR) is 207 cm³/mol. The molecule has 0 aliphatic carbocycles. The fraction of sp³-hybridized carbons (Fsp3) is 0.0952. The highest BCUT2D eigenvalue weighted by Gasteiger charge is 2.58. The van der Waals surface area contributed by atoms with Crippen molar-refractivity contribution in [1.29, 1.82) is 0 Å². The van der Waals surface area contributed by atoms with Gasteiger partial charge in [-0.15, -0.1) is 0 Å². The van der Waals surface area contributed by atoms with E-state index in [0.717, 1.165) is 31.2 Å². The number of hydrogen-bond acceptors (Lipinski definition) is 4. The highest BCUT2D eigenvalue weighted by atomic mass is 19.3. The van der Waals surface area contributed by atoms with Crippen molar-refractivity contribution in [3.05, 3.63) is 156 Å². The third-order valence-electron chi connectivity index (χ3n) is 10.5. The molecule has 0 spiro atoms. The molecule has 0 bridgehead atoms. The molecule has 0 atom stereocenters. The van der Waals surface area contributed by atoms with Gasteiger partial charge >= 0.3 is 25.7 Å². The van der Waals surface area contributed by atoms with Gasteiger partial charge in [-0.3, -0.25) is 8.96 Å². The van der Waals surface area contributed by atoms with Gasteiger partial charge in [0.25, 0.3) is 0 Å². The van der Waals surface area contributed by atoms with E-state index in [-0.39, 0.29) is 11.8 Å². The van der Waals surface area contributed by atoms with Crippen molar-refractivity contribution in [3.63, 3.8) is 0 Å².